The number of nitrogens with zero attached hydrogens (tertiary/aromatic N) is 4. The van der Waals surface area contributed by atoms with Crippen LogP contribution in [0, 0.1) is 6.92 Å². The highest BCUT2D eigenvalue weighted by Gasteiger charge is 2.22. The number of methoxy groups -OCH3 is 1. The molecule has 0 radical (unpaired) electrons. The summed E-state index contributed by atoms with van der Waals surface area (Å²) in [5.41, 5.74) is 4.77. The quantitative estimate of drug-likeness (QED) is 0.528. The molecular weight excluding hydrogens is 396 g/mol. The van der Waals surface area contributed by atoms with Gasteiger partial charge in [0.05, 0.1) is 26.0 Å². The van der Waals surface area contributed by atoms with Crippen LogP contribution in [0.4, 0.5) is 5.95 Å². The molecule has 2 heterocycles. The fraction of sp³-hybridized carbons (Fsp3) is 0.391. The Labute approximate surface area is 182 Å². The van der Waals surface area contributed by atoms with E-state index in [0.717, 1.165) is 53.4 Å². The zero-order valence-electron chi connectivity index (χ0n) is 17.8. The van der Waals surface area contributed by atoms with Gasteiger partial charge in [-0.25, -0.2) is 0 Å². The summed E-state index contributed by atoms with van der Waals surface area (Å²) >= 11 is 1.68. The van der Waals surface area contributed by atoms with Crippen LogP contribution in [0.3, 0.4) is 0 Å². The van der Waals surface area contributed by atoms with E-state index in [9.17, 15) is 0 Å². The summed E-state index contributed by atoms with van der Waals surface area (Å²) in [5, 5.41) is 10.0. The first-order chi connectivity index (χ1) is 14.7. The lowest BCUT2D eigenvalue weighted by Gasteiger charge is -2.28. The molecule has 6 nitrogen and oxygen atoms in total. The Morgan fingerprint density at radius 2 is 1.93 bits per heavy atom. The van der Waals surface area contributed by atoms with E-state index in [1.54, 1.807) is 18.9 Å². The number of aromatic nitrogens is 3. The largest absolute Gasteiger partial charge is 0.496 e. The van der Waals surface area contributed by atoms with Crippen molar-refractivity contribution in [2.75, 3.05) is 38.3 Å². The minimum atomic E-state index is 0.713. The van der Waals surface area contributed by atoms with Gasteiger partial charge in [-0.2, -0.15) is 0 Å². The van der Waals surface area contributed by atoms with E-state index in [0.29, 0.717) is 13.2 Å². The van der Waals surface area contributed by atoms with E-state index >= 15 is 0 Å². The molecule has 1 aliphatic rings. The van der Waals surface area contributed by atoms with Gasteiger partial charge in [0.25, 0.3) is 0 Å². The Hall–Kier alpha value is -2.51. The molecule has 3 aromatic rings. The third-order valence-corrected chi connectivity index (χ3v) is 6.26. The number of morpholine rings is 1. The van der Waals surface area contributed by atoms with Gasteiger partial charge in [-0.15, -0.1) is 10.2 Å². The van der Waals surface area contributed by atoms with Crippen molar-refractivity contribution in [2.24, 2.45) is 0 Å². The first kappa shape index (κ1) is 20.8. The van der Waals surface area contributed by atoms with Crippen molar-refractivity contribution in [2.45, 2.75) is 31.2 Å². The van der Waals surface area contributed by atoms with E-state index in [2.05, 4.69) is 69.9 Å². The summed E-state index contributed by atoms with van der Waals surface area (Å²) in [6, 6.07) is 14.9. The molecule has 1 aromatic heterocycles. The summed E-state index contributed by atoms with van der Waals surface area (Å²) in [6.07, 6.45) is 0.992. The Balaban J connectivity index is 1.69. The number of benzene rings is 2. The van der Waals surface area contributed by atoms with Gasteiger partial charge in [0, 0.05) is 24.4 Å². The molecule has 0 unspecified atom stereocenters. The van der Waals surface area contributed by atoms with Crippen LogP contribution in [0.1, 0.15) is 23.6 Å². The summed E-state index contributed by atoms with van der Waals surface area (Å²) in [6.45, 7) is 7.34. The highest BCUT2D eigenvalue weighted by Crippen LogP contribution is 2.32. The zero-order chi connectivity index (χ0) is 20.9. The minimum Gasteiger partial charge on any atom is -0.496 e. The second-order valence-electron chi connectivity index (χ2n) is 7.34. The smallest absolute Gasteiger partial charge is 0.232 e. The third-order valence-electron chi connectivity index (χ3n) is 5.28. The first-order valence-corrected chi connectivity index (χ1v) is 11.3. The van der Waals surface area contributed by atoms with Crippen LogP contribution in [-0.2, 0) is 16.9 Å². The Bertz CT molecular complexity index is 999. The molecule has 0 bridgehead atoms. The van der Waals surface area contributed by atoms with Crippen molar-refractivity contribution in [3.05, 3.63) is 59.2 Å². The molecule has 0 atom stereocenters. The average Bonchev–Trinajstić information content (AvgIpc) is 3.22. The lowest BCUT2D eigenvalue weighted by molar-refractivity contribution is 0.122. The number of hydrogen-bond acceptors (Lipinski definition) is 6. The standard InChI is InChI=1S/C23H28N4O2S/c1-4-18-6-5-7-20(15-18)27-22(26-10-12-29-13-11-26)24-25-23(27)30-16-19-14-17(2)8-9-21(19)28-3/h5-9,14-15H,4,10-13,16H2,1-3H3. The predicted molar refractivity (Wildman–Crippen MR) is 121 cm³/mol. The number of aryl methyl sites for hydroxylation is 2. The molecule has 1 saturated heterocycles. The number of anilines is 1. The highest BCUT2D eigenvalue weighted by molar-refractivity contribution is 7.98. The molecule has 1 fully saturated rings. The Morgan fingerprint density at radius 1 is 1.10 bits per heavy atom. The zero-order valence-corrected chi connectivity index (χ0v) is 18.6. The molecule has 0 saturated carbocycles. The van der Waals surface area contributed by atoms with Gasteiger partial charge in [0.2, 0.25) is 5.95 Å². The molecule has 0 N–H and O–H groups in total. The molecule has 0 amide bonds. The van der Waals surface area contributed by atoms with Crippen LogP contribution < -0.4 is 9.64 Å². The topological polar surface area (TPSA) is 52.4 Å². The minimum absolute atomic E-state index is 0.713. The normalized spacial score (nSPS) is 14.2. The van der Waals surface area contributed by atoms with Crippen molar-refractivity contribution in [3.8, 4) is 11.4 Å². The maximum absolute atomic E-state index is 5.56. The molecule has 30 heavy (non-hydrogen) atoms. The molecular formula is C23H28N4O2S. The highest BCUT2D eigenvalue weighted by atomic mass is 32.2. The van der Waals surface area contributed by atoms with Gasteiger partial charge in [-0.05, 0) is 37.1 Å². The van der Waals surface area contributed by atoms with Gasteiger partial charge < -0.3 is 14.4 Å². The van der Waals surface area contributed by atoms with Crippen LogP contribution in [-0.4, -0.2) is 48.2 Å². The van der Waals surface area contributed by atoms with Gasteiger partial charge in [-0.3, -0.25) is 4.57 Å². The van der Waals surface area contributed by atoms with Crippen LogP contribution in [0.15, 0.2) is 47.6 Å². The van der Waals surface area contributed by atoms with E-state index in [4.69, 9.17) is 9.47 Å². The Morgan fingerprint density at radius 3 is 2.70 bits per heavy atom. The van der Waals surface area contributed by atoms with E-state index in [1.165, 1.54) is 11.1 Å². The van der Waals surface area contributed by atoms with Crippen LogP contribution in [0.25, 0.3) is 5.69 Å². The fourth-order valence-corrected chi connectivity index (χ4v) is 4.55. The monoisotopic (exact) mass is 424 g/mol. The van der Waals surface area contributed by atoms with Crippen molar-refractivity contribution >= 4 is 17.7 Å². The second kappa shape index (κ2) is 9.53. The summed E-state index contributed by atoms with van der Waals surface area (Å²) in [4.78, 5) is 2.26. The van der Waals surface area contributed by atoms with Crippen LogP contribution in [0.5, 0.6) is 5.75 Å². The predicted octanol–water partition coefficient (Wildman–Crippen LogP) is 4.28. The molecule has 7 heteroatoms. The van der Waals surface area contributed by atoms with Crippen LogP contribution in [0.2, 0.25) is 0 Å². The van der Waals surface area contributed by atoms with Crippen molar-refractivity contribution in [1.29, 1.82) is 0 Å². The van der Waals surface area contributed by atoms with Gasteiger partial charge in [0.1, 0.15) is 5.75 Å². The van der Waals surface area contributed by atoms with Crippen molar-refractivity contribution in [1.82, 2.24) is 14.8 Å². The maximum Gasteiger partial charge on any atom is 0.232 e. The van der Waals surface area contributed by atoms with E-state index in [1.807, 2.05) is 6.07 Å². The van der Waals surface area contributed by atoms with Gasteiger partial charge >= 0.3 is 0 Å². The molecule has 4 rings (SSSR count). The SMILES string of the molecule is CCc1cccc(-n2c(SCc3cc(C)ccc3OC)nnc2N2CCOCC2)c1. The number of ether oxygens (including phenoxy) is 2. The molecule has 0 aliphatic carbocycles. The lowest BCUT2D eigenvalue weighted by Crippen LogP contribution is -2.37. The van der Waals surface area contributed by atoms with Crippen molar-refractivity contribution in [3.63, 3.8) is 0 Å². The van der Waals surface area contributed by atoms with Crippen molar-refractivity contribution < 1.29 is 9.47 Å². The van der Waals surface area contributed by atoms with E-state index in [-0.39, 0.29) is 0 Å². The van der Waals surface area contributed by atoms with Crippen LogP contribution >= 0.6 is 11.8 Å². The average molecular weight is 425 g/mol. The fourth-order valence-electron chi connectivity index (χ4n) is 3.63. The maximum atomic E-state index is 5.56. The van der Waals surface area contributed by atoms with E-state index < -0.39 is 0 Å². The molecule has 0 spiro atoms. The lowest BCUT2D eigenvalue weighted by atomic mass is 10.1. The summed E-state index contributed by atoms with van der Waals surface area (Å²) < 4.78 is 13.3. The van der Waals surface area contributed by atoms with Gasteiger partial charge in [0.15, 0.2) is 5.16 Å². The second-order valence-corrected chi connectivity index (χ2v) is 8.29. The number of hydrogen-bond donors (Lipinski definition) is 0. The number of thioether (sulfide) groups is 1. The third kappa shape index (κ3) is 4.47. The molecule has 158 valence electrons. The van der Waals surface area contributed by atoms with Gasteiger partial charge in [-0.1, -0.05) is 48.5 Å². The summed E-state index contributed by atoms with van der Waals surface area (Å²) in [7, 11) is 1.72. The first-order valence-electron chi connectivity index (χ1n) is 10.3. The molecule has 2 aromatic carbocycles. The number of rotatable bonds is 7. The molecule has 1 aliphatic heterocycles. The summed E-state index contributed by atoms with van der Waals surface area (Å²) in [5.74, 6) is 2.55. The Kier molecular flexibility index (Phi) is 6.59.